The molecule has 1 aliphatic rings. The number of nitrogens with zero attached hydrogens (tertiary/aromatic N) is 1. The standard InChI is InChI=1S/C30H32N2O7S/c1-36-30(14-16-37-17-15-30)24-9-5-6-21(18-24)19-38-20-26(33)29-32-27(22-7-3-2-4-8-22)28(39-29)23-10-12-25(13-11-23)40(31,34)35/h2-13,18,26,33H,14-17,19-20H2,1H3,(H2,31,34,35). The summed E-state index contributed by atoms with van der Waals surface area (Å²) in [6, 6.07) is 23.5. The molecule has 1 saturated heterocycles. The number of nitrogens with two attached hydrogens (primary N) is 1. The summed E-state index contributed by atoms with van der Waals surface area (Å²) in [5.74, 6) is 0.494. The van der Waals surface area contributed by atoms with Crippen LogP contribution in [0.4, 0.5) is 0 Å². The second-order valence-electron chi connectivity index (χ2n) is 9.71. The van der Waals surface area contributed by atoms with Gasteiger partial charge >= 0.3 is 0 Å². The van der Waals surface area contributed by atoms with Crippen molar-refractivity contribution in [2.24, 2.45) is 5.14 Å². The molecule has 3 aromatic carbocycles. The van der Waals surface area contributed by atoms with E-state index in [0.717, 1.165) is 29.5 Å². The third-order valence-corrected chi connectivity index (χ3v) is 8.04. The van der Waals surface area contributed by atoms with Crippen molar-refractivity contribution in [2.45, 2.75) is 36.0 Å². The Morgan fingerprint density at radius 3 is 2.40 bits per heavy atom. The van der Waals surface area contributed by atoms with Gasteiger partial charge in [-0.15, -0.1) is 0 Å². The van der Waals surface area contributed by atoms with Gasteiger partial charge in [0.1, 0.15) is 5.69 Å². The Balaban J connectivity index is 1.32. The highest BCUT2D eigenvalue weighted by molar-refractivity contribution is 7.89. The summed E-state index contributed by atoms with van der Waals surface area (Å²) in [6.45, 7) is 1.56. The van der Waals surface area contributed by atoms with Gasteiger partial charge in [0, 0.05) is 44.3 Å². The lowest BCUT2D eigenvalue weighted by Gasteiger charge is -2.36. The van der Waals surface area contributed by atoms with Crippen molar-refractivity contribution < 1.29 is 32.2 Å². The highest BCUT2D eigenvalue weighted by Gasteiger charge is 2.34. The van der Waals surface area contributed by atoms with Gasteiger partial charge in [0.05, 0.1) is 23.7 Å². The van der Waals surface area contributed by atoms with Gasteiger partial charge in [0.15, 0.2) is 11.9 Å². The fourth-order valence-electron chi connectivity index (χ4n) is 4.88. The van der Waals surface area contributed by atoms with E-state index in [1.165, 1.54) is 12.1 Å². The minimum atomic E-state index is -3.84. The lowest BCUT2D eigenvalue weighted by Crippen LogP contribution is -2.35. The molecule has 0 amide bonds. The number of ether oxygens (including phenoxy) is 3. The summed E-state index contributed by atoms with van der Waals surface area (Å²) in [5.41, 5.74) is 3.57. The SMILES string of the molecule is COC1(c2cccc(COCC(O)c3nc(-c4ccccc4)c(-c4ccc(S(N)(=O)=O)cc4)o3)c2)CCOCC1. The maximum Gasteiger partial charge on any atom is 0.238 e. The summed E-state index contributed by atoms with van der Waals surface area (Å²) in [5, 5.41) is 16.1. The molecule has 10 heteroatoms. The van der Waals surface area contributed by atoms with Crippen molar-refractivity contribution in [2.75, 3.05) is 26.9 Å². The Hall–Kier alpha value is -3.38. The first-order valence-corrected chi connectivity index (χ1v) is 14.5. The number of hydrogen-bond acceptors (Lipinski definition) is 8. The molecule has 0 spiro atoms. The van der Waals surface area contributed by atoms with Crippen LogP contribution in [0.3, 0.4) is 0 Å². The third-order valence-electron chi connectivity index (χ3n) is 7.11. The van der Waals surface area contributed by atoms with Crippen molar-refractivity contribution in [1.82, 2.24) is 4.98 Å². The number of methoxy groups -OCH3 is 1. The quantitative estimate of drug-likeness (QED) is 0.286. The third kappa shape index (κ3) is 6.17. The molecule has 0 saturated carbocycles. The molecule has 5 rings (SSSR count). The Kier molecular flexibility index (Phi) is 8.46. The molecule has 1 fully saturated rings. The van der Waals surface area contributed by atoms with Crippen LogP contribution in [0, 0.1) is 0 Å². The Morgan fingerprint density at radius 1 is 1.00 bits per heavy atom. The molecule has 0 bridgehead atoms. The van der Waals surface area contributed by atoms with E-state index in [4.69, 9.17) is 23.8 Å². The monoisotopic (exact) mass is 564 g/mol. The molecule has 3 N–H and O–H groups in total. The highest BCUT2D eigenvalue weighted by atomic mass is 32.2. The summed E-state index contributed by atoms with van der Waals surface area (Å²) >= 11 is 0. The van der Waals surface area contributed by atoms with Crippen LogP contribution in [0.15, 0.2) is 88.2 Å². The molecule has 1 unspecified atom stereocenters. The van der Waals surface area contributed by atoms with Gasteiger partial charge in [-0.2, -0.15) is 0 Å². The van der Waals surface area contributed by atoms with E-state index in [0.29, 0.717) is 30.2 Å². The van der Waals surface area contributed by atoms with Gasteiger partial charge in [-0.25, -0.2) is 18.5 Å². The number of hydrogen-bond donors (Lipinski definition) is 2. The molecule has 1 atom stereocenters. The van der Waals surface area contributed by atoms with E-state index in [1.807, 2.05) is 42.5 Å². The number of rotatable bonds is 10. The largest absolute Gasteiger partial charge is 0.437 e. The zero-order valence-electron chi connectivity index (χ0n) is 22.2. The van der Waals surface area contributed by atoms with E-state index < -0.39 is 16.1 Å². The Labute approximate surface area is 233 Å². The topological polar surface area (TPSA) is 134 Å². The highest BCUT2D eigenvalue weighted by Crippen LogP contribution is 2.37. The number of benzene rings is 3. The first-order valence-electron chi connectivity index (χ1n) is 13.0. The fraction of sp³-hybridized carbons (Fsp3) is 0.300. The van der Waals surface area contributed by atoms with Gasteiger partial charge < -0.3 is 23.7 Å². The van der Waals surface area contributed by atoms with Crippen molar-refractivity contribution >= 4 is 10.0 Å². The number of aliphatic hydroxyl groups excluding tert-OH is 1. The molecule has 1 aromatic heterocycles. The van der Waals surface area contributed by atoms with E-state index in [1.54, 1.807) is 19.2 Å². The molecule has 9 nitrogen and oxygen atoms in total. The first kappa shape index (κ1) is 28.2. The Morgan fingerprint density at radius 2 is 1.73 bits per heavy atom. The number of aromatic nitrogens is 1. The van der Waals surface area contributed by atoms with Gasteiger partial charge in [-0.1, -0.05) is 54.6 Å². The van der Waals surface area contributed by atoms with Crippen LogP contribution < -0.4 is 5.14 Å². The van der Waals surface area contributed by atoms with Crippen molar-refractivity contribution in [1.29, 1.82) is 0 Å². The Bertz CT molecular complexity index is 1530. The van der Waals surface area contributed by atoms with Crippen molar-refractivity contribution in [3.05, 3.63) is 95.9 Å². The minimum Gasteiger partial charge on any atom is -0.437 e. The van der Waals surface area contributed by atoms with Crippen LogP contribution in [0.2, 0.25) is 0 Å². The predicted molar refractivity (Wildman–Crippen MR) is 149 cm³/mol. The van der Waals surface area contributed by atoms with Crippen LogP contribution in [-0.4, -0.2) is 45.4 Å². The number of primary sulfonamides is 1. The van der Waals surface area contributed by atoms with Crippen LogP contribution in [0.25, 0.3) is 22.6 Å². The normalized spacial score (nSPS) is 16.1. The van der Waals surface area contributed by atoms with E-state index in [-0.39, 0.29) is 29.6 Å². The lowest BCUT2D eigenvalue weighted by molar-refractivity contribution is -0.0948. The molecule has 210 valence electrons. The van der Waals surface area contributed by atoms with Crippen molar-refractivity contribution in [3.8, 4) is 22.6 Å². The van der Waals surface area contributed by atoms with Gasteiger partial charge in [-0.05, 0) is 35.4 Å². The van der Waals surface area contributed by atoms with Crippen LogP contribution in [-0.2, 0) is 36.4 Å². The van der Waals surface area contributed by atoms with Crippen LogP contribution in [0.5, 0.6) is 0 Å². The number of oxazole rings is 1. The maximum atomic E-state index is 11.7. The molecule has 40 heavy (non-hydrogen) atoms. The molecular weight excluding hydrogens is 532 g/mol. The average molecular weight is 565 g/mol. The zero-order valence-corrected chi connectivity index (χ0v) is 23.0. The van der Waals surface area contributed by atoms with Gasteiger partial charge in [0.25, 0.3) is 0 Å². The summed E-state index contributed by atoms with van der Waals surface area (Å²) < 4.78 is 46.7. The van der Waals surface area contributed by atoms with E-state index >= 15 is 0 Å². The average Bonchev–Trinajstić information content (AvgIpc) is 3.44. The molecule has 4 aromatic rings. The molecule has 0 radical (unpaired) electrons. The minimum absolute atomic E-state index is 0.0111. The molecule has 1 aliphatic heterocycles. The molecule has 0 aliphatic carbocycles. The van der Waals surface area contributed by atoms with Crippen LogP contribution in [0.1, 0.15) is 36.0 Å². The maximum absolute atomic E-state index is 11.7. The van der Waals surface area contributed by atoms with E-state index in [2.05, 4.69) is 17.1 Å². The number of sulfonamides is 1. The molecular formula is C30H32N2O7S. The van der Waals surface area contributed by atoms with Gasteiger partial charge in [-0.3, -0.25) is 0 Å². The second kappa shape index (κ2) is 12.0. The van der Waals surface area contributed by atoms with Crippen molar-refractivity contribution in [3.63, 3.8) is 0 Å². The first-order chi connectivity index (χ1) is 19.3. The summed E-state index contributed by atoms with van der Waals surface area (Å²) in [7, 11) is -2.11. The fourth-order valence-corrected chi connectivity index (χ4v) is 5.39. The second-order valence-corrected chi connectivity index (χ2v) is 11.3. The molecule has 2 heterocycles. The smallest absolute Gasteiger partial charge is 0.238 e. The van der Waals surface area contributed by atoms with Gasteiger partial charge in [0.2, 0.25) is 15.9 Å². The zero-order chi connectivity index (χ0) is 28.2. The summed E-state index contributed by atoms with van der Waals surface area (Å²) in [6.07, 6.45) is 0.449. The van der Waals surface area contributed by atoms with E-state index in [9.17, 15) is 13.5 Å². The summed E-state index contributed by atoms with van der Waals surface area (Å²) in [4.78, 5) is 4.57. The lowest BCUT2D eigenvalue weighted by atomic mass is 9.85. The number of aliphatic hydroxyl groups is 1. The predicted octanol–water partition coefficient (Wildman–Crippen LogP) is 4.56. The van der Waals surface area contributed by atoms with Crippen LogP contribution >= 0.6 is 0 Å².